The number of rotatable bonds is 6. The van der Waals surface area contributed by atoms with E-state index in [2.05, 4.69) is 15.3 Å². The topological polar surface area (TPSA) is 58.1 Å². The first-order chi connectivity index (χ1) is 14.6. The van der Waals surface area contributed by atoms with Crippen LogP contribution in [0, 0.1) is 5.82 Å². The van der Waals surface area contributed by atoms with E-state index in [9.17, 15) is 9.18 Å². The molecular weight excluding hydrogens is 403 g/mol. The maximum atomic E-state index is 13.1. The monoisotopic (exact) mass is 424 g/mol. The molecule has 1 aromatic carbocycles. The van der Waals surface area contributed by atoms with Crippen LogP contribution >= 0.6 is 11.6 Å². The van der Waals surface area contributed by atoms with Crippen molar-refractivity contribution in [2.75, 3.05) is 11.9 Å². The molecule has 154 valence electrons. The normalized spacial score (nSPS) is 15.9. The number of hydrogen-bond donors (Lipinski definition) is 1. The zero-order valence-electron chi connectivity index (χ0n) is 16.4. The van der Waals surface area contributed by atoms with Crippen LogP contribution in [0.3, 0.4) is 0 Å². The van der Waals surface area contributed by atoms with E-state index in [0.29, 0.717) is 29.5 Å². The minimum absolute atomic E-state index is 0.0419. The van der Waals surface area contributed by atoms with E-state index >= 15 is 0 Å². The van der Waals surface area contributed by atoms with Crippen molar-refractivity contribution < 1.29 is 9.18 Å². The van der Waals surface area contributed by atoms with Gasteiger partial charge in [-0.1, -0.05) is 29.8 Å². The van der Waals surface area contributed by atoms with E-state index in [-0.39, 0.29) is 17.8 Å². The highest BCUT2D eigenvalue weighted by molar-refractivity contribution is 6.30. The molecule has 0 radical (unpaired) electrons. The summed E-state index contributed by atoms with van der Waals surface area (Å²) in [5.74, 6) is 0.866. The average Bonchev–Trinajstić information content (AvgIpc) is 3.24. The van der Waals surface area contributed by atoms with Crippen molar-refractivity contribution >= 4 is 29.1 Å². The van der Waals surface area contributed by atoms with Gasteiger partial charge >= 0.3 is 0 Å². The molecule has 30 heavy (non-hydrogen) atoms. The molecule has 0 bridgehead atoms. The second-order valence-corrected chi connectivity index (χ2v) is 7.75. The van der Waals surface area contributed by atoms with Gasteiger partial charge in [-0.05, 0) is 61.2 Å². The van der Waals surface area contributed by atoms with Crippen LogP contribution in [0.1, 0.15) is 36.6 Å². The first-order valence-electron chi connectivity index (χ1n) is 9.98. The summed E-state index contributed by atoms with van der Waals surface area (Å²) < 4.78 is 13.1. The summed E-state index contributed by atoms with van der Waals surface area (Å²) >= 11 is 6.04. The minimum Gasteiger partial charge on any atom is -0.334 e. The van der Waals surface area contributed by atoms with Gasteiger partial charge < -0.3 is 10.2 Å². The lowest BCUT2D eigenvalue weighted by Crippen LogP contribution is -2.31. The molecule has 0 spiro atoms. The van der Waals surface area contributed by atoms with Crippen LogP contribution in [-0.4, -0.2) is 27.3 Å². The van der Waals surface area contributed by atoms with Crippen LogP contribution in [-0.2, 0) is 11.2 Å². The molecule has 0 aliphatic carbocycles. The Morgan fingerprint density at radius 2 is 2.03 bits per heavy atom. The molecule has 1 amide bonds. The number of anilines is 2. The van der Waals surface area contributed by atoms with E-state index in [1.54, 1.807) is 6.07 Å². The number of hydrogen-bond acceptors (Lipinski definition) is 4. The number of nitrogens with zero attached hydrogens (tertiary/aromatic N) is 3. The van der Waals surface area contributed by atoms with Crippen molar-refractivity contribution in [2.24, 2.45) is 0 Å². The molecule has 0 saturated carbocycles. The summed E-state index contributed by atoms with van der Waals surface area (Å²) in [5.41, 5.74) is 1.90. The molecule has 0 unspecified atom stereocenters. The number of carbonyl (C=O) groups is 1. The van der Waals surface area contributed by atoms with Crippen LogP contribution in [0.2, 0.25) is 5.02 Å². The summed E-state index contributed by atoms with van der Waals surface area (Å²) in [6.07, 6.45) is 4.09. The number of nitrogens with one attached hydrogen (secondary N) is 1. The van der Waals surface area contributed by atoms with Crippen LogP contribution in [0.5, 0.6) is 0 Å². The Morgan fingerprint density at radius 1 is 1.17 bits per heavy atom. The van der Waals surface area contributed by atoms with E-state index in [1.165, 1.54) is 6.07 Å². The maximum Gasteiger partial charge on any atom is 0.223 e. The second kappa shape index (κ2) is 9.22. The highest BCUT2D eigenvalue weighted by Gasteiger charge is 2.30. The van der Waals surface area contributed by atoms with Crippen molar-refractivity contribution in [3.63, 3.8) is 0 Å². The Kier molecular flexibility index (Phi) is 6.23. The number of halogens is 2. The number of carbonyl (C=O) groups excluding carboxylic acids is 1. The summed E-state index contributed by atoms with van der Waals surface area (Å²) in [5, 5.41) is 3.77. The number of likely N-dealkylation sites (tertiary alicyclic amines) is 1. The molecule has 7 heteroatoms. The second-order valence-electron chi connectivity index (χ2n) is 7.31. The zero-order chi connectivity index (χ0) is 20.9. The summed E-state index contributed by atoms with van der Waals surface area (Å²) in [6, 6.07) is 16.2. The Bertz CT molecular complexity index is 1030. The van der Waals surface area contributed by atoms with Crippen molar-refractivity contribution in [3.8, 4) is 0 Å². The third-order valence-electron chi connectivity index (χ3n) is 5.19. The number of aryl methyl sites for hydroxylation is 1. The highest BCUT2D eigenvalue weighted by atomic mass is 35.5. The molecule has 1 N–H and O–H groups in total. The van der Waals surface area contributed by atoms with Crippen LogP contribution < -0.4 is 5.32 Å². The van der Waals surface area contributed by atoms with Gasteiger partial charge in [-0.2, -0.15) is 0 Å². The first kappa shape index (κ1) is 20.3. The van der Waals surface area contributed by atoms with Crippen LogP contribution in [0.25, 0.3) is 0 Å². The molecule has 1 saturated heterocycles. The van der Waals surface area contributed by atoms with E-state index in [1.807, 2.05) is 47.4 Å². The summed E-state index contributed by atoms with van der Waals surface area (Å²) in [6.45, 7) is 0.734. The third kappa shape index (κ3) is 4.94. The molecule has 2 aromatic heterocycles. The first-order valence-corrected chi connectivity index (χ1v) is 10.4. The minimum atomic E-state index is -0.389. The molecule has 1 aliphatic heterocycles. The Balaban J connectivity index is 1.43. The standard InChI is InChI=1S/C23H22ClFN4O/c24-17-5-1-4-16(14-17)9-12-23(30)29-13-3-7-20(29)19-6-2-8-22(27-19)28-21-11-10-18(25)15-26-21/h1-2,4-6,8,10-11,14-15,20H,3,7,9,12-13H2,(H,26,27,28)/t20-/m1/s1. The zero-order valence-corrected chi connectivity index (χ0v) is 17.1. The molecular formula is C23H22ClFN4O. The lowest BCUT2D eigenvalue weighted by Gasteiger charge is -2.25. The largest absolute Gasteiger partial charge is 0.334 e. The SMILES string of the molecule is O=C(CCc1cccc(Cl)c1)N1CCC[C@@H]1c1cccc(Nc2ccc(F)cn2)n1. The fraction of sp³-hybridized carbons (Fsp3) is 0.261. The van der Waals surface area contributed by atoms with Crippen LogP contribution in [0.15, 0.2) is 60.8 Å². The Morgan fingerprint density at radius 3 is 2.83 bits per heavy atom. The lowest BCUT2D eigenvalue weighted by molar-refractivity contribution is -0.132. The van der Waals surface area contributed by atoms with Gasteiger partial charge in [-0.25, -0.2) is 14.4 Å². The fourth-order valence-electron chi connectivity index (χ4n) is 3.75. The Hall–Kier alpha value is -2.99. The Labute approximate surface area is 179 Å². The molecule has 1 fully saturated rings. The van der Waals surface area contributed by atoms with Gasteiger partial charge in [-0.3, -0.25) is 4.79 Å². The van der Waals surface area contributed by atoms with E-state index < -0.39 is 0 Å². The highest BCUT2D eigenvalue weighted by Crippen LogP contribution is 2.32. The number of amides is 1. The molecule has 1 aliphatic rings. The smallest absolute Gasteiger partial charge is 0.223 e. The molecule has 1 atom stereocenters. The number of aromatic nitrogens is 2. The summed E-state index contributed by atoms with van der Waals surface area (Å²) in [7, 11) is 0. The van der Waals surface area contributed by atoms with Gasteiger partial charge in [0.05, 0.1) is 17.9 Å². The lowest BCUT2D eigenvalue weighted by atomic mass is 10.1. The number of benzene rings is 1. The van der Waals surface area contributed by atoms with Crippen molar-refractivity contribution in [3.05, 3.63) is 82.9 Å². The fourth-order valence-corrected chi connectivity index (χ4v) is 3.96. The third-order valence-corrected chi connectivity index (χ3v) is 5.42. The molecule has 5 nitrogen and oxygen atoms in total. The van der Waals surface area contributed by atoms with Gasteiger partial charge in [-0.15, -0.1) is 0 Å². The predicted octanol–water partition coefficient (Wildman–Crippen LogP) is 5.31. The van der Waals surface area contributed by atoms with E-state index in [0.717, 1.165) is 36.8 Å². The van der Waals surface area contributed by atoms with Gasteiger partial charge in [0.15, 0.2) is 0 Å². The average molecular weight is 425 g/mol. The van der Waals surface area contributed by atoms with Crippen molar-refractivity contribution in [1.82, 2.24) is 14.9 Å². The van der Waals surface area contributed by atoms with E-state index in [4.69, 9.17) is 11.6 Å². The van der Waals surface area contributed by atoms with Crippen LogP contribution in [0.4, 0.5) is 16.0 Å². The van der Waals surface area contributed by atoms with Gasteiger partial charge in [0.1, 0.15) is 17.5 Å². The van der Waals surface area contributed by atoms with Gasteiger partial charge in [0.25, 0.3) is 0 Å². The predicted molar refractivity (Wildman–Crippen MR) is 115 cm³/mol. The summed E-state index contributed by atoms with van der Waals surface area (Å²) in [4.78, 5) is 23.5. The molecule has 3 heterocycles. The van der Waals surface area contributed by atoms with Crippen molar-refractivity contribution in [2.45, 2.75) is 31.7 Å². The van der Waals surface area contributed by atoms with Crippen molar-refractivity contribution in [1.29, 1.82) is 0 Å². The number of pyridine rings is 2. The van der Waals surface area contributed by atoms with Gasteiger partial charge in [0.2, 0.25) is 5.91 Å². The quantitative estimate of drug-likeness (QED) is 0.582. The molecule has 4 rings (SSSR count). The molecule has 3 aromatic rings. The van der Waals surface area contributed by atoms with Gasteiger partial charge in [0, 0.05) is 18.0 Å². The maximum absolute atomic E-state index is 13.1.